The van der Waals surface area contributed by atoms with Crippen LogP contribution in [-0.4, -0.2) is 54.3 Å². The van der Waals surface area contributed by atoms with Crippen molar-refractivity contribution in [2.45, 2.75) is 38.0 Å². The molecule has 1 aliphatic rings. The zero-order valence-electron chi connectivity index (χ0n) is 15.1. The van der Waals surface area contributed by atoms with E-state index in [-0.39, 0.29) is 25.3 Å². The van der Waals surface area contributed by atoms with Crippen LogP contribution < -0.4 is 0 Å². The first kappa shape index (κ1) is 18.5. The Balaban J connectivity index is 1.61. The Hall–Kier alpha value is -2.82. The Bertz CT molecular complexity index is 940. The third-order valence-electron chi connectivity index (χ3n) is 5.05. The molecule has 3 aromatic rings. The standard InChI is InChI=1S/C17H18F3N7O/c1-2-27-13(9-22-25-27)10-26-8-5-16(11-26,17(18,19)20)15-23-14(24-28-15)12-3-6-21-7-4-12/h3-4,6-7,9H,2,5,8,10-11H2,1H3. The van der Waals surface area contributed by atoms with Gasteiger partial charge in [0.15, 0.2) is 5.41 Å². The lowest BCUT2D eigenvalue weighted by molar-refractivity contribution is -0.193. The van der Waals surface area contributed by atoms with Crippen LogP contribution in [-0.2, 0) is 18.5 Å². The van der Waals surface area contributed by atoms with Crippen molar-refractivity contribution in [3.05, 3.63) is 42.3 Å². The fourth-order valence-electron chi connectivity index (χ4n) is 3.48. The molecule has 4 rings (SSSR count). The molecule has 1 aliphatic heterocycles. The number of halogens is 3. The molecule has 4 heterocycles. The summed E-state index contributed by atoms with van der Waals surface area (Å²) in [6, 6.07) is 3.24. The van der Waals surface area contributed by atoms with Gasteiger partial charge in [0.05, 0.1) is 11.9 Å². The average molecular weight is 393 g/mol. The van der Waals surface area contributed by atoms with Gasteiger partial charge in [0.1, 0.15) is 0 Å². The van der Waals surface area contributed by atoms with Gasteiger partial charge in [-0.1, -0.05) is 10.4 Å². The number of aryl methyl sites for hydroxylation is 1. The number of nitrogens with zero attached hydrogens (tertiary/aromatic N) is 7. The molecule has 0 aromatic carbocycles. The van der Waals surface area contributed by atoms with Crippen molar-refractivity contribution in [1.82, 2.24) is 35.0 Å². The third kappa shape index (κ3) is 3.15. The fourth-order valence-corrected chi connectivity index (χ4v) is 3.48. The second-order valence-corrected chi connectivity index (χ2v) is 6.74. The lowest BCUT2D eigenvalue weighted by Crippen LogP contribution is -2.45. The Labute approximate surface area is 158 Å². The van der Waals surface area contributed by atoms with Gasteiger partial charge in [-0.25, -0.2) is 4.68 Å². The second-order valence-electron chi connectivity index (χ2n) is 6.74. The van der Waals surface area contributed by atoms with Crippen LogP contribution in [0.25, 0.3) is 11.4 Å². The summed E-state index contributed by atoms with van der Waals surface area (Å²) in [6.07, 6.45) is -0.0548. The Kier molecular flexibility index (Phi) is 4.61. The summed E-state index contributed by atoms with van der Waals surface area (Å²) < 4.78 is 49.1. The van der Waals surface area contributed by atoms with Crippen LogP contribution in [0, 0.1) is 0 Å². The normalized spacial score (nSPS) is 20.7. The molecule has 0 aliphatic carbocycles. The van der Waals surface area contributed by atoms with E-state index in [4.69, 9.17) is 4.52 Å². The minimum atomic E-state index is -4.52. The maximum absolute atomic E-state index is 14.1. The van der Waals surface area contributed by atoms with E-state index >= 15 is 0 Å². The third-order valence-corrected chi connectivity index (χ3v) is 5.05. The maximum Gasteiger partial charge on any atom is 0.404 e. The lowest BCUT2D eigenvalue weighted by Gasteiger charge is -2.28. The molecule has 0 saturated carbocycles. The summed E-state index contributed by atoms with van der Waals surface area (Å²) in [6.45, 7) is 2.82. The van der Waals surface area contributed by atoms with Crippen molar-refractivity contribution in [2.75, 3.05) is 13.1 Å². The molecule has 0 radical (unpaired) electrons. The van der Waals surface area contributed by atoms with Gasteiger partial charge in [0.2, 0.25) is 11.7 Å². The molecule has 8 nitrogen and oxygen atoms in total. The number of rotatable bonds is 5. The minimum absolute atomic E-state index is 0.118. The van der Waals surface area contributed by atoms with Crippen LogP contribution in [0.15, 0.2) is 35.2 Å². The molecule has 0 amide bonds. The van der Waals surface area contributed by atoms with Crippen molar-refractivity contribution in [3.8, 4) is 11.4 Å². The summed E-state index contributed by atoms with van der Waals surface area (Å²) >= 11 is 0. The number of aromatic nitrogens is 6. The van der Waals surface area contributed by atoms with E-state index in [2.05, 4.69) is 25.4 Å². The fraction of sp³-hybridized carbons (Fsp3) is 0.471. The molecule has 1 fully saturated rings. The molecule has 1 saturated heterocycles. The van der Waals surface area contributed by atoms with Crippen LogP contribution >= 0.6 is 0 Å². The van der Waals surface area contributed by atoms with Crippen LogP contribution in [0.2, 0.25) is 0 Å². The van der Waals surface area contributed by atoms with E-state index in [9.17, 15) is 13.2 Å². The highest BCUT2D eigenvalue weighted by Crippen LogP contribution is 2.47. The lowest BCUT2D eigenvalue weighted by atomic mass is 9.86. The predicted molar refractivity (Wildman–Crippen MR) is 90.9 cm³/mol. The summed E-state index contributed by atoms with van der Waals surface area (Å²) in [5.74, 6) is -0.288. The SMILES string of the molecule is CCn1nncc1CN1CCC(c2nc(-c3ccncc3)no2)(C(F)(F)F)C1. The number of alkyl halides is 3. The molecule has 11 heteroatoms. The molecule has 0 spiro atoms. The zero-order valence-corrected chi connectivity index (χ0v) is 15.1. The highest BCUT2D eigenvalue weighted by Gasteiger charge is 2.62. The first-order valence-corrected chi connectivity index (χ1v) is 8.84. The molecule has 1 unspecified atom stereocenters. The van der Waals surface area contributed by atoms with Crippen molar-refractivity contribution in [1.29, 1.82) is 0 Å². The largest absolute Gasteiger partial charge is 0.404 e. The molecule has 0 bridgehead atoms. The van der Waals surface area contributed by atoms with Crippen molar-refractivity contribution >= 4 is 0 Å². The van der Waals surface area contributed by atoms with Gasteiger partial charge in [0.25, 0.3) is 0 Å². The van der Waals surface area contributed by atoms with Crippen molar-refractivity contribution < 1.29 is 17.7 Å². The van der Waals surface area contributed by atoms with Crippen LogP contribution in [0.1, 0.15) is 24.9 Å². The average Bonchev–Trinajstić information content (AvgIpc) is 3.42. The van der Waals surface area contributed by atoms with Gasteiger partial charge < -0.3 is 4.52 Å². The van der Waals surface area contributed by atoms with Gasteiger partial charge in [0, 0.05) is 44.1 Å². The summed E-state index contributed by atoms with van der Waals surface area (Å²) in [4.78, 5) is 9.68. The Morgan fingerprint density at radius 3 is 2.75 bits per heavy atom. The first-order chi connectivity index (χ1) is 13.4. The van der Waals surface area contributed by atoms with E-state index in [0.29, 0.717) is 18.7 Å². The van der Waals surface area contributed by atoms with E-state index < -0.39 is 17.5 Å². The molecule has 3 aromatic heterocycles. The van der Waals surface area contributed by atoms with Gasteiger partial charge in [-0.15, -0.1) is 5.10 Å². The van der Waals surface area contributed by atoms with E-state index in [1.54, 1.807) is 27.9 Å². The Morgan fingerprint density at radius 1 is 1.25 bits per heavy atom. The van der Waals surface area contributed by atoms with Gasteiger partial charge in [-0.3, -0.25) is 9.88 Å². The zero-order chi connectivity index (χ0) is 19.8. The number of hydrogen-bond acceptors (Lipinski definition) is 7. The van der Waals surface area contributed by atoms with Gasteiger partial charge in [-0.2, -0.15) is 18.2 Å². The van der Waals surface area contributed by atoms with Crippen LogP contribution in [0.5, 0.6) is 0 Å². The molecule has 28 heavy (non-hydrogen) atoms. The smallest absolute Gasteiger partial charge is 0.338 e. The van der Waals surface area contributed by atoms with Gasteiger partial charge >= 0.3 is 6.18 Å². The van der Waals surface area contributed by atoms with Gasteiger partial charge in [-0.05, 0) is 25.5 Å². The summed E-state index contributed by atoms with van der Waals surface area (Å²) in [5.41, 5.74) is -0.881. The van der Waals surface area contributed by atoms with E-state index in [1.165, 1.54) is 12.4 Å². The first-order valence-electron chi connectivity index (χ1n) is 8.84. The minimum Gasteiger partial charge on any atom is -0.338 e. The second kappa shape index (κ2) is 6.97. The molecular weight excluding hydrogens is 375 g/mol. The quantitative estimate of drug-likeness (QED) is 0.658. The highest BCUT2D eigenvalue weighted by molar-refractivity contribution is 5.52. The molecule has 0 N–H and O–H groups in total. The summed E-state index contributed by atoms with van der Waals surface area (Å²) in [7, 11) is 0. The molecular formula is C17H18F3N7O. The van der Waals surface area contributed by atoms with E-state index in [1.807, 2.05) is 6.92 Å². The van der Waals surface area contributed by atoms with Crippen molar-refractivity contribution in [3.63, 3.8) is 0 Å². The summed E-state index contributed by atoms with van der Waals surface area (Å²) in [5, 5.41) is 11.5. The number of hydrogen-bond donors (Lipinski definition) is 0. The monoisotopic (exact) mass is 393 g/mol. The topological polar surface area (TPSA) is 85.8 Å². The van der Waals surface area contributed by atoms with Crippen molar-refractivity contribution in [2.24, 2.45) is 0 Å². The van der Waals surface area contributed by atoms with Crippen LogP contribution in [0.3, 0.4) is 0 Å². The molecule has 148 valence electrons. The number of likely N-dealkylation sites (tertiary alicyclic amines) is 1. The van der Waals surface area contributed by atoms with E-state index in [0.717, 1.165) is 5.69 Å². The highest BCUT2D eigenvalue weighted by atomic mass is 19.4. The van der Waals surface area contributed by atoms with Crippen LogP contribution in [0.4, 0.5) is 13.2 Å². The maximum atomic E-state index is 14.1. The Morgan fingerprint density at radius 2 is 2.04 bits per heavy atom. The molecule has 1 atom stereocenters. The number of pyridine rings is 1. The predicted octanol–water partition coefficient (Wildman–Crippen LogP) is 2.45.